The Bertz CT molecular complexity index is 476. The molecule has 1 aliphatic rings. The molecule has 0 spiro atoms. The van der Waals surface area contributed by atoms with Crippen LogP contribution in [0.3, 0.4) is 0 Å². The molecule has 3 nitrogen and oxygen atoms in total. The lowest BCUT2D eigenvalue weighted by Gasteiger charge is -2.15. The molecular weight excluding hydrogens is 255 g/mol. The quantitative estimate of drug-likeness (QED) is 0.868. The molecule has 0 heterocycles. The smallest absolute Gasteiger partial charge is 0.220 e. The summed E-state index contributed by atoms with van der Waals surface area (Å²) in [4.78, 5) is 11.8. The van der Waals surface area contributed by atoms with Gasteiger partial charge in [-0.15, -0.1) is 0 Å². The predicted octanol–water partition coefficient (Wildman–Crippen LogP) is 2.31. The van der Waals surface area contributed by atoms with Crippen LogP contribution in [0.15, 0.2) is 18.2 Å². The first kappa shape index (κ1) is 15.0. The molecule has 4 heteroatoms. The van der Waals surface area contributed by atoms with E-state index in [1.165, 1.54) is 12.1 Å². The molecule has 0 aliphatic heterocycles. The molecular formula is C16H23FN2O. The van der Waals surface area contributed by atoms with Crippen molar-refractivity contribution in [2.45, 2.75) is 45.1 Å². The Morgan fingerprint density at radius 2 is 2.25 bits per heavy atom. The average Bonchev–Trinajstić information content (AvgIpc) is 2.78. The zero-order valence-electron chi connectivity index (χ0n) is 12.0. The molecule has 2 rings (SSSR count). The fourth-order valence-electron chi connectivity index (χ4n) is 2.91. The van der Waals surface area contributed by atoms with Gasteiger partial charge in [0.25, 0.3) is 0 Å². The van der Waals surface area contributed by atoms with Gasteiger partial charge in [-0.3, -0.25) is 4.79 Å². The average molecular weight is 278 g/mol. The van der Waals surface area contributed by atoms with E-state index in [4.69, 9.17) is 5.73 Å². The number of nitrogens with one attached hydrogen (secondary N) is 1. The van der Waals surface area contributed by atoms with Gasteiger partial charge in [0.1, 0.15) is 5.82 Å². The number of hydrogen-bond acceptors (Lipinski definition) is 2. The van der Waals surface area contributed by atoms with E-state index in [0.717, 1.165) is 36.8 Å². The molecule has 0 saturated heterocycles. The molecule has 3 N–H and O–H groups in total. The number of halogens is 1. The fraction of sp³-hybridized carbons (Fsp3) is 0.562. The van der Waals surface area contributed by atoms with Crippen molar-refractivity contribution in [1.82, 2.24) is 5.32 Å². The minimum Gasteiger partial charge on any atom is -0.356 e. The Morgan fingerprint density at radius 3 is 2.90 bits per heavy atom. The first-order valence-corrected chi connectivity index (χ1v) is 7.33. The van der Waals surface area contributed by atoms with Crippen LogP contribution >= 0.6 is 0 Å². The van der Waals surface area contributed by atoms with Crippen molar-refractivity contribution in [1.29, 1.82) is 0 Å². The highest BCUT2D eigenvalue weighted by Crippen LogP contribution is 2.26. The van der Waals surface area contributed by atoms with Crippen molar-refractivity contribution in [3.63, 3.8) is 0 Å². The van der Waals surface area contributed by atoms with Crippen molar-refractivity contribution in [2.24, 2.45) is 11.7 Å². The highest BCUT2D eigenvalue weighted by Gasteiger charge is 2.25. The molecule has 20 heavy (non-hydrogen) atoms. The van der Waals surface area contributed by atoms with Crippen molar-refractivity contribution in [3.8, 4) is 0 Å². The molecule has 2 atom stereocenters. The van der Waals surface area contributed by atoms with Gasteiger partial charge in [-0.05, 0) is 55.4 Å². The summed E-state index contributed by atoms with van der Waals surface area (Å²) < 4.78 is 13.0. The van der Waals surface area contributed by atoms with E-state index >= 15 is 0 Å². The second kappa shape index (κ2) is 6.84. The normalized spacial score (nSPS) is 21.9. The van der Waals surface area contributed by atoms with Gasteiger partial charge in [-0.2, -0.15) is 0 Å². The monoisotopic (exact) mass is 278 g/mol. The Labute approximate surface area is 119 Å². The highest BCUT2D eigenvalue weighted by molar-refractivity contribution is 5.76. The zero-order chi connectivity index (χ0) is 14.5. The third-order valence-corrected chi connectivity index (χ3v) is 4.19. The first-order chi connectivity index (χ1) is 9.56. The maximum absolute atomic E-state index is 13.0. The minimum atomic E-state index is -0.217. The van der Waals surface area contributed by atoms with E-state index in [1.54, 1.807) is 6.07 Å². The second-order valence-corrected chi connectivity index (χ2v) is 5.73. The highest BCUT2D eigenvalue weighted by atomic mass is 19.1. The van der Waals surface area contributed by atoms with E-state index in [9.17, 15) is 9.18 Å². The second-order valence-electron chi connectivity index (χ2n) is 5.73. The molecule has 1 aromatic rings. The van der Waals surface area contributed by atoms with Crippen LogP contribution in [-0.4, -0.2) is 18.5 Å². The Kier molecular flexibility index (Phi) is 5.12. The number of hydrogen-bond donors (Lipinski definition) is 2. The van der Waals surface area contributed by atoms with E-state index in [1.807, 2.05) is 6.92 Å². The lowest BCUT2D eigenvalue weighted by atomic mass is 10.00. The summed E-state index contributed by atoms with van der Waals surface area (Å²) in [5.74, 6) is 0.195. The molecule has 0 radical (unpaired) electrons. The summed E-state index contributed by atoms with van der Waals surface area (Å²) in [7, 11) is 0. The van der Waals surface area contributed by atoms with E-state index < -0.39 is 0 Å². The van der Waals surface area contributed by atoms with Crippen LogP contribution in [0.2, 0.25) is 0 Å². The fourth-order valence-corrected chi connectivity index (χ4v) is 2.91. The van der Waals surface area contributed by atoms with Crippen molar-refractivity contribution < 1.29 is 9.18 Å². The van der Waals surface area contributed by atoms with Gasteiger partial charge in [0.2, 0.25) is 5.91 Å². The lowest BCUT2D eigenvalue weighted by Crippen LogP contribution is -2.32. The number of carbonyl (C=O) groups is 1. The van der Waals surface area contributed by atoms with E-state index in [0.29, 0.717) is 18.9 Å². The Hall–Kier alpha value is -1.42. The molecule has 0 unspecified atom stereocenters. The van der Waals surface area contributed by atoms with Crippen LogP contribution in [0.4, 0.5) is 4.39 Å². The SMILES string of the molecule is Cc1cc(F)ccc1CCNC(=O)C[C@@H]1CCC[C@H]1N. The van der Waals surface area contributed by atoms with Crippen LogP contribution in [0.5, 0.6) is 0 Å². The maximum atomic E-state index is 13.0. The van der Waals surface area contributed by atoms with Crippen LogP contribution in [-0.2, 0) is 11.2 Å². The molecule has 1 amide bonds. The summed E-state index contributed by atoms with van der Waals surface area (Å²) in [6, 6.07) is 4.94. The molecule has 0 aromatic heterocycles. The number of carbonyl (C=O) groups excluding carboxylic acids is 1. The maximum Gasteiger partial charge on any atom is 0.220 e. The van der Waals surface area contributed by atoms with Gasteiger partial charge in [0, 0.05) is 19.0 Å². The molecule has 1 saturated carbocycles. The largest absolute Gasteiger partial charge is 0.356 e. The first-order valence-electron chi connectivity index (χ1n) is 7.33. The topological polar surface area (TPSA) is 55.1 Å². The summed E-state index contributed by atoms with van der Waals surface area (Å²) in [6.45, 7) is 2.48. The molecule has 110 valence electrons. The van der Waals surface area contributed by atoms with Crippen molar-refractivity contribution in [2.75, 3.05) is 6.54 Å². The predicted molar refractivity (Wildman–Crippen MR) is 77.8 cm³/mol. The molecule has 1 fully saturated rings. The number of nitrogens with two attached hydrogens (primary N) is 1. The lowest BCUT2D eigenvalue weighted by molar-refractivity contribution is -0.122. The van der Waals surface area contributed by atoms with Gasteiger partial charge in [0.15, 0.2) is 0 Å². The van der Waals surface area contributed by atoms with Crippen LogP contribution in [0, 0.1) is 18.7 Å². The third-order valence-electron chi connectivity index (χ3n) is 4.19. The van der Waals surface area contributed by atoms with E-state index in [2.05, 4.69) is 5.32 Å². The van der Waals surface area contributed by atoms with Gasteiger partial charge in [-0.1, -0.05) is 12.5 Å². The molecule has 0 bridgehead atoms. The van der Waals surface area contributed by atoms with Crippen LogP contribution in [0.1, 0.15) is 36.8 Å². The van der Waals surface area contributed by atoms with Crippen molar-refractivity contribution in [3.05, 3.63) is 35.1 Å². The number of rotatable bonds is 5. The third kappa shape index (κ3) is 4.04. The Morgan fingerprint density at radius 1 is 1.45 bits per heavy atom. The van der Waals surface area contributed by atoms with Gasteiger partial charge < -0.3 is 11.1 Å². The molecule has 1 aromatic carbocycles. The number of benzene rings is 1. The summed E-state index contributed by atoms with van der Waals surface area (Å²) in [5, 5.41) is 2.93. The van der Waals surface area contributed by atoms with Crippen molar-refractivity contribution >= 4 is 5.91 Å². The summed E-state index contributed by atoms with van der Waals surface area (Å²) in [5.41, 5.74) is 7.97. The number of amides is 1. The Balaban J connectivity index is 1.73. The summed E-state index contributed by atoms with van der Waals surface area (Å²) >= 11 is 0. The molecule has 1 aliphatic carbocycles. The minimum absolute atomic E-state index is 0.0760. The van der Waals surface area contributed by atoms with Crippen LogP contribution in [0.25, 0.3) is 0 Å². The summed E-state index contributed by atoms with van der Waals surface area (Å²) in [6.07, 6.45) is 4.49. The van der Waals surface area contributed by atoms with E-state index in [-0.39, 0.29) is 17.8 Å². The standard InChI is InChI=1S/C16H23FN2O/c1-11-9-14(17)6-5-12(11)7-8-19-16(20)10-13-3-2-4-15(13)18/h5-6,9,13,15H,2-4,7-8,10,18H2,1H3,(H,19,20)/t13-,15+/m0/s1. The van der Waals surface area contributed by atoms with Gasteiger partial charge in [-0.25, -0.2) is 4.39 Å². The van der Waals surface area contributed by atoms with Gasteiger partial charge >= 0.3 is 0 Å². The zero-order valence-corrected chi connectivity index (χ0v) is 12.0. The van der Waals surface area contributed by atoms with Gasteiger partial charge in [0.05, 0.1) is 0 Å². The number of aryl methyl sites for hydroxylation is 1. The van der Waals surface area contributed by atoms with Crippen LogP contribution < -0.4 is 11.1 Å².